The number of hydrogen-bond acceptors (Lipinski definition) is 3. The summed E-state index contributed by atoms with van der Waals surface area (Å²) in [5.74, 6) is -1.36. The SMILES string of the molecule is Cc1ccncc1NC(=O)c1cccn1CC(=O)O. The number of carbonyl (C=O) groups is 2. The molecule has 0 aromatic carbocycles. The van der Waals surface area contributed by atoms with Crippen molar-refractivity contribution in [3.8, 4) is 0 Å². The average Bonchev–Trinajstić information content (AvgIpc) is 2.79. The molecule has 0 aliphatic carbocycles. The van der Waals surface area contributed by atoms with Gasteiger partial charge >= 0.3 is 5.97 Å². The molecule has 0 aliphatic heterocycles. The standard InChI is InChI=1S/C13H13N3O3/c1-9-4-5-14-7-10(9)15-13(19)11-3-2-6-16(11)8-12(17)18/h2-7H,8H2,1H3,(H,15,19)(H,17,18). The van der Waals surface area contributed by atoms with Gasteiger partial charge in [0.05, 0.1) is 11.9 Å². The molecule has 0 saturated carbocycles. The van der Waals surface area contributed by atoms with Crippen LogP contribution >= 0.6 is 0 Å². The smallest absolute Gasteiger partial charge is 0.323 e. The van der Waals surface area contributed by atoms with Crippen LogP contribution in [0.2, 0.25) is 0 Å². The van der Waals surface area contributed by atoms with Gasteiger partial charge in [-0.1, -0.05) is 0 Å². The van der Waals surface area contributed by atoms with Gasteiger partial charge in [0.2, 0.25) is 0 Å². The number of carbonyl (C=O) groups excluding carboxylic acids is 1. The maximum Gasteiger partial charge on any atom is 0.323 e. The van der Waals surface area contributed by atoms with E-state index >= 15 is 0 Å². The molecular weight excluding hydrogens is 246 g/mol. The first-order chi connectivity index (χ1) is 9.08. The van der Waals surface area contributed by atoms with E-state index < -0.39 is 5.97 Å². The quantitative estimate of drug-likeness (QED) is 0.872. The summed E-state index contributed by atoms with van der Waals surface area (Å²) in [4.78, 5) is 26.7. The molecule has 1 amide bonds. The van der Waals surface area contributed by atoms with Crippen LogP contribution in [0, 0.1) is 6.92 Å². The number of anilines is 1. The van der Waals surface area contributed by atoms with Crippen LogP contribution < -0.4 is 5.32 Å². The molecule has 0 spiro atoms. The van der Waals surface area contributed by atoms with E-state index in [1.54, 1.807) is 36.8 Å². The Morgan fingerprint density at radius 2 is 2.21 bits per heavy atom. The number of aliphatic carboxylic acids is 1. The molecule has 0 unspecified atom stereocenters. The third-order valence-electron chi connectivity index (χ3n) is 2.66. The summed E-state index contributed by atoms with van der Waals surface area (Å²) in [6.07, 6.45) is 4.74. The second-order valence-corrected chi connectivity index (χ2v) is 4.06. The number of amides is 1. The molecule has 19 heavy (non-hydrogen) atoms. The monoisotopic (exact) mass is 259 g/mol. The number of aryl methyl sites for hydroxylation is 1. The zero-order valence-electron chi connectivity index (χ0n) is 10.3. The normalized spacial score (nSPS) is 10.2. The first-order valence-electron chi connectivity index (χ1n) is 5.67. The van der Waals surface area contributed by atoms with Crippen molar-refractivity contribution in [2.45, 2.75) is 13.5 Å². The Morgan fingerprint density at radius 3 is 2.89 bits per heavy atom. The fraction of sp³-hybridized carbons (Fsp3) is 0.154. The van der Waals surface area contributed by atoms with E-state index in [0.29, 0.717) is 11.4 Å². The molecule has 0 bridgehead atoms. The van der Waals surface area contributed by atoms with Gasteiger partial charge in [-0.3, -0.25) is 14.6 Å². The van der Waals surface area contributed by atoms with Gasteiger partial charge in [-0.15, -0.1) is 0 Å². The highest BCUT2D eigenvalue weighted by molar-refractivity contribution is 6.03. The van der Waals surface area contributed by atoms with E-state index in [1.807, 2.05) is 6.92 Å². The lowest BCUT2D eigenvalue weighted by molar-refractivity contribution is -0.137. The van der Waals surface area contributed by atoms with Crippen molar-refractivity contribution in [3.63, 3.8) is 0 Å². The average molecular weight is 259 g/mol. The van der Waals surface area contributed by atoms with Gasteiger partial charge in [0.25, 0.3) is 5.91 Å². The van der Waals surface area contributed by atoms with Crippen LogP contribution in [0.4, 0.5) is 5.69 Å². The Kier molecular flexibility index (Phi) is 3.61. The van der Waals surface area contributed by atoms with Crippen LogP contribution in [0.15, 0.2) is 36.8 Å². The molecule has 2 aromatic rings. The van der Waals surface area contributed by atoms with Crippen LogP contribution in [0.3, 0.4) is 0 Å². The second kappa shape index (κ2) is 5.34. The Hall–Kier alpha value is -2.63. The lowest BCUT2D eigenvalue weighted by Gasteiger charge is -2.09. The summed E-state index contributed by atoms with van der Waals surface area (Å²) >= 11 is 0. The molecule has 2 rings (SSSR count). The lowest BCUT2D eigenvalue weighted by Crippen LogP contribution is -2.19. The van der Waals surface area contributed by atoms with Crippen molar-refractivity contribution in [1.82, 2.24) is 9.55 Å². The molecule has 6 heteroatoms. The minimum absolute atomic E-state index is 0.248. The van der Waals surface area contributed by atoms with Crippen molar-refractivity contribution in [2.75, 3.05) is 5.32 Å². The molecular formula is C13H13N3O3. The van der Waals surface area contributed by atoms with Crippen molar-refractivity contribution in [1.29, 1.82) is 0 Å². The number of nitrogens with one attached hydrogen (secondary N) is 1. The van der Waals surface area contributed by atoms with Crippen molar-refractivity contribution in [2.24, 2.45) is 0 Å². The molecule has 0 aliphatic rings. The molecule has 6 nitrogen and oxygen atoms in total. The Morgan fingerprint density at radius 1 is 1.42 bits per heavy atom. The number of carboxylic acid groups (broad SMARTS) is 1. The maximum atomic E-state index is 12.1. The second-order valence-electron chi connectivity index (χ2n) is 4.06. The third kappa shape index (κ3) is 2.98. The summed E-state index contributed by atoms with van der Waals surface area (Å²) in [7, 11) is 0. The number of pyridine rings is 1. The molecule has 0 fully saturated rings. The van der Waals surface area contributed by atoms with E-state index in [1.165, 1.54) is 4.57 Å². The molecule has 0 radical (unpaired) electrons. The van der Waals surface area contributed by atoms with E-state index in [-0.39, 0.29) is 12.5 Å². The predicted molar refractivity (Wildman–Crippen MR) is 69.0 cm³/mol. The molecule has 2 aromatic heterocycles. The highest BCUT2D eigenvalue weighted by Crippen LogP contribution is 2.13. The van der Waals surface area contributed by atoms with Crippen molar-refractivity contribution < 1.29 is 14.7 Å². The minimum Gasteiger partial charge on any atom is -0.480 e. The fourth-order valence-electron chi connectivity index (χ4n) is 1.69. The lowest BCUT2D eigenvalue weighted by atomic mass is 10.2. The van der Waals surface area contributed by atoms with Gasteiger partial charge in [0, 0.05) is 12.4 Å². The van der Waals surface area contributed by atoms with Crippen LogP contribution in [-0.2, 0) is 11.3 Å². The summed E-state index contributed by atoms with van der Waals surface area (Å²) in [5, 5.41) is 11.5. The zero-order chi connectivity index (χ0) is 13.8. The highest BCUT2D eigenvalue weighted by Gasteiger charge is 2.13. The van der Waals surface area contributed by atoms with Crippen LogP contribution in [0.5, 0.6) is 0 Å². The van der Waals surface area contributed by atoms with Crippen molar-refractivity contribution >= 4 is 17.6 Å². The van der Waals surface area contributed by atoms with E-state index in [2.05, 4.69) is 10.3 Å². The molecule has 2 heterocycles. The Bertz CT molecular complexity index is 619. The Balaban J connectivity index is 2.19. The number of nitrogens with zero attached hydrogens (tertiary/aromatic N) is 2. The van der Waals surface area contributed by atoms with Gasteiger partial charge in [-0.2, -0.15) is 0 Å². The Labute approximate surface area is 109 Å². The maximum absolute atomic E-state index is 12.1. The number of aromatic nitrogens is 2. The highest BCUT2D eigenvalue weighted by atomic mass is 16.4. The van der Waals surface area contributed by atoms with Crippen LogP contribution in [-0.4, -0.2) is 26.5 Å². The topological polar surface area (TPSA) is 84.2 Å². The molecule has 98 valence electrons. The van der Waals surface area contributed by atoms with E-state index in [0.717, 1.165) is 5.56 Å². The van der Waals surface area contributed by atoms with Crippen LogP contribution in [0.1, 0.15) is 16.1 Å². The van der Waals surface area contributed by atoms with E-state index in [9.17, 15) is 9.59 Å². The van der Waals surface area contributed by atoms with Crippen LogP contribution in [0.25, 0.3) is 0 Å². The first kappa shape index (κ1) is 12.8. The largest absolute Gasteiger partial charge is 0.480 e. The zero-order valence-corrected chi connectivity index (χ0v) is 10.3. The third-order valence-corrected chi connectivity index (χ3v) is 2.66. The van der Waals surface area contributed by atoms with Crippen molar-refractivity contribution in [3.05, 3.63) is 48.0 Å². The number of rotatable bonds is 4. The summed E-state index contributed by atoms with van der Waals surface area (Å²) in [6.45, 7) is 1.61. The molecule has 0 atom stereocenters. The fourth-order valence-corrected chi connectivity index (χ4v) is 1.69. The van der Waals surface area contributed by atoms with Gasteiger partial charge in [0.15, 0.2) is 0 Å². The number of carboxylic acids is 1. The summed E-state index contributed by atoms with van der Waals surface area (Å²) < 4.78 is 1.38. The first-order valence-corrected chi connectivity index (χ1v) is 5.67. The van der Waals surface area contributed by atoms with Gasteiger partial charge in [-0.05, 0) is 30.7 Å². The van der Waals surface area contributed by atoms with E-state index in [4.69, 9.17) is 5.11 Å². The number of hydrogen-bond donors (Lipinski definition) is 2. The molecule has 2 N–H and O–H groups in total. The predicted octanol–water partition coefficient (Wildman–Crippen LogP) is 1.53. The van der Waals surface area contributed by atoms with Gasteiger partial charge in [-0.25, -0.2) is 0 Å². The van der Waals surface area contributed by atoms with Gasteiger partial charge < -0.3 is 15.0 Å². The molecule has 0 saturated heterocycles. The minimum atomic E-state index is -0.997. The van der Waals surface area contributed by atoms with Gasteiger partial charge in [0.1, 0.15) is 12.2 Å². The summed E-state index contributed by atoms with van der Waals surface area (Å²) in [6, 6.07) is 4.99. The summed E-state index contributed by atoms with van der Waals surface area (Å²) in [5.41, 5.74) is 1.79.